The minimum Gasteiger partial charge on any atom is -0.480 e. The number of aliphatic carboxylic acids is 1. The molecule has 1 rings (SSSR count). The summed E-state index contributed by atoms with van der Waals surface area (Å²) in [4.78, 5) is 15.0. The molecule has 88 valence electrons. The Morgan fingerprint density at radius 2 is 2.40 bits per heavy atom. The van der Waals surface area contributed by atoms with Gasteiger partial charge in [-0.05, 0) is 33.5 Å². The Hall–Kier alpha value is -0.650. The number of hydrogen-bond acceptors (Lipinski definition) is 4. The molecule has 2 unspecified atom stereocenters. The van der Waals surface area contributed by atoms with E-state index in [1.807, 2.05) is 11.9 Å². The molecule has 2 atom stereocenters. The van der Waals surface area contributed by atoms with Crippen molar-refractivity contribution in [2.24, 2.45) is 5.73 Å². The average Bonchev–Trinajstić information content (AvgIpc) is 2.52. The molecule has 1 heterocycles. The van der Waals surface area contributed by atoms with E-state index in [1.165, 1.54) is 6.42 Å². The van der Waals surface area contributed by atoms with Crippen LogP contribution in [-0.4, -0.2) is 66.7 Å². The van der Waals surface area contributed by atoms with Crippen LogP contribution in [0, 0.1) is 0 Å². The minimum absolute atomic E-state index is 0.169. The molecular formula is C10H21N3O2. The van der Waals surface area contributed by atoms with Gasteiger partial charge >= 0.3 is 5.97 Å². The number of rotatable bonds is 5. The van der Waals surface area contributed by atoms with Crippen LogP contribution in [0.5, 0.6) is 0 Å². The summed E-state index contributed by atoms with van der Waals surface area (Å²) in [6.45, 7) is 2.06. The van der Waals surface area contributed by atoms with Crippen LogP contribution in [-0.2, 0) is 4.79 Å². The molecule has 0 aromatic rings. The Balaban J connectivity index is 2.45. The first-order valence-corrected chi connectivity index (χ1v) is 5.39. The fourth-order valence-electron chi connectivity index (χ4n) is 2.14. The third-order valence-electron chi connectivity index (χ3n) is 3.21. The molecule has 5 nitrogen and oxygen atoms in total. The van der Waals surface area contributed by atoms with E-state index in [-0.39, 0.29) is 6.54 Å². The molecule has 5 heteroatoms. The smallest absolute Gasteiger partial charge is 0.322 e. The van der Waals surface area contributed by atoms with E-state index in [4.69, 9.17) is 10.8 Å². The van der Waals surface area contributed by atoms with Crippen molar-refractivity contribution in [1.29, 1.82) is 0 Å². The SMILES string of the molecule is CN1CCCC1CN(C)C(CN)C(=O)O. The zero-order valence-electron chi connectivity index (χ0n) is 9.52. The molecule has 1 fully saturated rings. The molecule has 0 saturated carbocycles. The van der Waals surface area contributed by atoms with E-state index in [0.717, 1.165) is 19.5 Å². The molecule has 1 aliphatic heterocycles. The van der Waals surface area contributed by atoms with Crippen molar-refractivity contribution in [1.82, 2.24) is 9.80 Å². The Morgan fingerprint density at radius 1 is 1.73 bits per heavy atom. The second-order valence-corrected chi connectivity index (χ2v) is 4.31. The Bertz CT molecular complexity index is 223. The van der Waals surface area contributed by atoms with Gasteiger partial charge in [0.25, 0.3) is 0 Å². The second-order valence-electron chi connectivity index (χ2n) is 4.31. The van der Waals surface area contributed by atoms with E-state index in [9.17, 15) is 4.79 Å². The molecule has 0 bridgehead atoms. The Kier molecular flexibility index (Phi) is 4.50. The van der Waals surface area contributed by atoms with Crippen molar-refractivity contribution in [2.75, 3.05) is 33.7 Å². The van der Waals surface area contributed by atoms with Crippen molar-refractivity contribution in [2.45, 2.75) is 24.9 Å². The van der Waals surface area contributed by atoms with Crippen LogP contribution in [0.25, 0.3) is 0 Å². The van der Waals surface area contributed by atoms with Gasteiger partial charge in [-0.3, -0.25) is 9.69 Å². The van der Waals surface area contributed by atoms with Crippen molar-refractivity contribution >= 4 is 5.97 Å². The number of carboxylic acids is 1. The zero-order valence-corrected chi connectivity index (χ0v) is 9.52. The van der Waals surface area contributed by atoms with Gasteiger partial charge in [0.05, 0.1) is 0 Å². The van der Waals surface area contributed by atoms with Crippen LogP contribution in [0.2, 0.25) is 0 Å². The topological polar surface area (TPSA) is 69.8 Å². The fourth-order valence-corrected chi connectivity index (χ4v) is 2.14. The van der Waals surface area contributed by atoms with E-state index in [1.54, 1.807) is 0 Å². The average molecular weight is 215 g/mol. The van der Waals surface area contributed by atoms with Crippen LogP contribution in [0.4, 0.5) is 0 Å². The molecule has 0 aromatic heterocycles. The molecule has 1 saturated heterocycles. The maximum absolute atomic E-state index is 10.9. The number of hydrogen-bond donors (Lipinski definition) is 2. The Labute approximate surface area is 90.8 Å². The van der Waals surface area contributed by atoms with Gasteiger partial charge in [-0.1, -0.05) is 0 Å². The lowest BCUT2D eigenvalue weighted by atomic mass is 10.2. The van der Waals surface area contributed by atoms with Crippen LogP contribution in [0.15, 0.2) is 0 Å². The van der Waals surface area contributed by atoms with Crippen LogP contribution in [0.1, 0.15) is 12.8 Å². The molecule has 0 spiro atoms. The van der Waals surface area contributed by atoms with E-state index in [0.29, 0.717) is 6.04 Å². The van der Waals surface area contributed by atoms with E-state index >= 15 is 0 Å². The maximum Gasteiger partial charge on any atom is 0.322 e. The highest BCUT2D eigenvalue weighted by molar-refractivity contribution is 5.73. The summed E-state index contributed by atoms with van der Waals surface area (Å²) in [6.07, 6.45) is 2.35. The molecule has 0 aromatic carbocycles. The van der Waals surface area contributed by atoms with Gasteiger partial charge in [0.1, 0.15) is 6.04 Å². The maximum atomic E-state index is 10.9. The second kappa shape index (κ2) is 5.44. The summed E-state index contributed by atoms with van der Waals surface area (Å²) in [7, 11) is 3.92. The molecule has 0 amide bonds. The number of carboxylic acid groups (broad SMARTS) is 1. The lowest BCUT2D eigenvalue weighted by Gasteiger charge is -2.29. The number of nitrogens with zero attached hydrogens (tertiary/aromatic N) is 2. The summed E-state index contributed by atoms with van der Waals surface area (Å²) in [5, 5.41) is 8.95. The van der Waals surface area contributed by atoms with Crippen molar-refractivity contribution < 1.29 is 9.90 Å². The van der Waals surface area contributed by atoms with Crippen LogP contribution in [0.3, 0.4) is 0 Å². The van der Waals surface area contributed by atoms with Crippen LogP contribution >= 0.6 is 0 Å². The first-order valence-electron chi connectivity index (χ1n) is 5.39. The van der Waals surface area contributed by atoms with E-state index in [2.05, 4.69) is 11.9 Å². The predicted molar refractivity (Wildman–Crippen MR) is 58.8 cm³/mol. The quantitative estimate of drug-likeness (QED) is 0.642. The zero-order chi connectivity index (χ0) is 11.4. The van der Waals surface area contributed by atoms with Gasteiger partial charge in [-0.25, -0.2) is 0 Å². The minimum atomic E-state index is -0.833. The third-order valence-corrected chi connectivity index (χ3v) is 3.21. The molecule has 0 radical (unpaired) electrons. The lowest BCUT2D eigenvalue weighted by Crippen LogP contribution is -2.48. The van der Waals surface area contributed by atoms with Crippen molar-refractivity contribution in [3.63, 3.8) is 0 Å². The standard InChI is InChI=1S/C10H21N3O2/c1-12-5-3-4-8(12)7-13(2)9(6-11)10(14)15/h8-9H,3-7,11H2,1-2H3,(H,14,15). The van der Waals surface area contributed by atoms with Gasteiger partial charge in [0.15, 0.2) is 0 Å². The normalized spacial score (nSPS) is 24.7. The highest BCUT2D eigenvalue weighted by atomic mass is 16.4. The molecule has 0 aliphatic carbocycles. The highest BCUT2D eigenvalue weighted by Gasteiger charge is 2.27. The molecule has 15 heavy (non-hydrogen) atoms. The first-order chi connectivity index (χ1) is 7.06. The van der Waals surface area contributed by atoms with Gasteiger partial charge in [0, 0.05) is 19.1 Å². The number of nitrogens with two attached hydrogens (primary N) is 1. The van der Waals surface area contributed by atoms with Crippen molar-refractivity contribution in [3.05, 3.63) is 0 Å². The number of likely N-dealkylation sites (N-methyl/N-ethyl adjacent to an activating group) is 2. The van der Waals surface area contributed by atoms with Crippen molar-refractivity contribution in [3.8, 4) is 0 Å². The monoisotopic (exact) mass is 215 g/mol. The Morgan fingerprint density at radius 3 is 2.80 bits per heavy atom. The molecule has 3 N–H and O–H groups in total. The highest BCUT2D eigenvalue weighted by Crippen LogP contribution is 2.16. The fraction of sp³-hybridized carbons (Fsp3) is 0.900. The summed E-state index contributed by atoms with van der Waals surface area (Å²) in [5.41, 5.74) is 5.45. The largest absolute Gasteiger partial charge is 0.480 e. The summed E-state index contributed by atoms with van der Waals surface area (Å²) >= 11 is 0. The first kappa shape index (κ1) is 12.4. The van der Waals surface area contributed by atoms with Gasteiger partial charge < -0.3 is 15.7 Å². The predicted octanol–water partition coefficient (Wildman–Crippen LogP) is -0.576. The van der Waals surface area contributed by atoms with E-state index < -0.39 is 12.0 Å². The molecular weight excluding hydrogens is 194 g/mol. The van der Waals surface area contributed by atoms with Crippen LogP contribution < -0.4 is 5.73 Å². The van der Waals surface area contributed by atoms with Gasteiger partial charge in [-0.2, -0.15) is 0 Å². The molecule has 1 aliphatic rings. The lowest BCUT2D eigenvalue weighted by molar-refractivity contribution is -0.142. The summed E-state index contributed by atoms with van der Waals surface area (Å²) in [5.74, 6) is -0.833. The van der Waals surface area contributed by atoms with Gasteiger partial charge in [-0.15, -0.1) is 0 Å². The summed E-state index contributed by atoms with van der Waals surface area (Å²) in [6, 6.07) is -0.0811. The summed E-state index contributed by atoms with van der Waals surface area (Å²) < 4.78 is 0. The third kappa shape index (κ3) is 3.15. The number of likely N-dealkylation sites (tertiary alicyclic amines) is 1. The van der Waals surface area contributed by atoms with Gasteiger partial charge in [0.2, 0.25) is 0 Å². The number of carbonyl (C=O) groups is 1.